The monoisotopic (exact) mass is 327 g/mol. The fraction of sp³-hybridized carbons (Fsp3) is 0.467. The SMILES string of the molecule is O=C(O)CN(Cc1ccc(Cl)cc1)C(=O)C1CCSCC1. The fourth-order valence-corrected chi connectivity index (χ4v) is 3.62. The van der Waals surface area contributed by atoms with Crippen molar-refractivity contribution >= 4 is 35.2 Å². The van der Waals surface area contributed by atoms with Gasteiger partial charge in [0.25, 0.3) is 0 Å². The molecule has 6 heteroatoms. The van der Waals surface area contributed by atoms with Crippen molar-refractivity contribution in [3.8, 4) is 0 Å². The molecule has 4 nitrogen and oxygen atoms in total. The minimum atomic E-state index is -0.984. The summed E-state index contributed by atoms with van der Waals surface area (Å²) in [6.07, 6.45) is 1.67. The van der Waals surface area contributed by atoms with Crippen molar-refractivity contribution in [3.05, 3.63) is 34.9 Å². The zero-order valence-electron chi connectivity index (χ0n) is 11.6. The maximum absolute atomic E-state index is 12.5. The van der Waals surface area contributed by atoms with Crippen molar-refractivity contribution in [1.82, 2.24) is 4.90 Å². The van der Waals surface area contributed by atoms with E-state index in [1.54, 1.807) is 12.1 Å². The predicted octanol–water partition coefficient (Wildman–Crippen LogP) is 2.90. The topological polar surface area (TPSA) is 57.6 Å². The highest BCUT2D eigenvalue weighted by atomic mass is 35.5. The number of carboxylic acid groups (broad SMARTS) is 1. The van der Waals surface area contributed by atoms with E-state index in [-0.39, 0.29) is 18.4 Å². The van der Waals surface area contributed by atoms with E-state index in [9.17, 15) is 9.59 Å². The summed E-state index contributed by atoms with van der Waals surface area (Å²) in [5.41, 5.74) is 0.888. The second-order valence-corrected chi connectivity index (χ2v) is 6.76. The van der Waals surface area contributed by atoms with Crippen molar-refractivity contribution in [3.63, 3.8) is 0 Å². The lowest BCUT2D eigenvalue weighted by atomic mass is 10.0. The van der Waals surface area contributed by atoms with Gasteiger partial charge in [-0.3, -0.25) is 9.59 Å². The first kappa shape index (κ1) is 16.2. The summed E-state index contributed by atoms with van der Waals surface area (Å²) in [4.78, 5) is 25.0. The second kappa shape index (κ2) is 7.71. The standard InChI is InChI=1S/C15H18ClNO3S/c16-13-3-1-11(2-4-13)9-17(10-14(18)19)15(20)12-5-7-21-8-6-12/h1-4,12H,5-10H2,(H,18,19). The number of hydrogen-bond donors (Lipinski definition) is 1. The van der Waals surface area contributed by atoms with E-state index in [1.807, 2.05) is 23.9 Å². The molecule has 1 amide bonds. The summed E-state index contributed by atoms with van der Waals surface area (Å²) in [6, 6.07) is 7.14. The van der Waals surface area contributed by atoms with Gasteiger partial charge in [0.15, 0.2) is 0 Å². The van der Waals surface area contributed by atoms with Crippen molar-refractivity contribution < 1.29 is 14.7 Å². The first-order valence-corrected chi connectivity index (χ1v) is 8.42. The van der Waals surface area contributed by atoms with Gasteiger partial charge in [-0.15, -0.1) is 0 Å². The van der Waals surface area contributed by atoms with E-state index >= 15 is 0 Å². The number of benzene rings is 1. The molecule has 1 saturated heterocycles. The van der Waals surface area contributed by atoms with Crippen LogP contribution in [0.5, 0.6) is 0 Å². The van der Waals surface area contributed by atoms with Gasteiger partial charge in [0.2, 0.25) is 5.91 Å². The number of rotatable bonds is 5. The van der Waals surface area contributed by atoms with E-state index in [1.165, 1.54) is 4.90 Å². The van der Waals surface area contributed by atoms with Crippen molar-refractivity contribution in [2.75, 3.05) is 18.1 Å². The van der Waals surface area contributed by atoms with Gasteiger partial charge in [-0.05, 0) is 42.0 Å². The third-order valence-electron chi connectivity index (χ3n) is 3.50. The third kappa shape index (κ3) is 4.93. The Labute approximate surface area is 133 Å². The molecule has 1 heterocycles. The normalized spacial score (nSPS) is 15.7. The lowest BCUT2D eigenvalue weighted by Gasteiger charge is -2.28. The molecule has 114 valence electrons. The molecule has 1 fully saturated rings. The Kier molecular flexibility index (Phi) is 5.94. The fourth-order valence-electron chi connectivity index (χ4n) is 2.39. The number of carboxylic acids is 1. The van der Waals surface area contributed by atoms with Crippen molar-refractivity contribution in [1.29, 1.82) is 0 Å². The van der Waals surface area contributed by atoms with Crippen LogP contribution in [0.2, 0.25) is 5.02 Å². The lowest BCUT2D eigenvalue weighted by Crippen LogP contribution is -2.40. The molecule has 1 N–H and O–H groups in total. The summed E-state index contributed by atoms with van der Waals surface area (Å²) >= 11 is 7.69. The van der Waals surface area contributed by atoms with Crippen LogP contribution in [0.1, 0.15) is 18.4 Å². The van der Waals surface area contributed by atoms with E-state index in [0.717, 1.165) is 29.9 Å². The van der Waals surface area contributed by atoms with Crippen LogP contribution >= 0.6 is 23.4 Å². The molecular formula is C15H18ClNO3S. The molecule has 0 aliphatic carbocycles. The van der Waals surface area contributed by atoms with Gasteiger partial charge < -0.3 is 10.0 Å². The zero-order valence-corrected chi connectivity index (χ0v) is 13.2. The Hall–Kier alpha value is -1.20. The molecule has 0 aromatic heterocycles. The number of carbonyl (C=O) groups excluding carboxylic acids is 1. The maximum Gasteiger partial charge on any atom is 0.323 e. The highest BCUT2D eigenvalue weighted by Gasteiger charge is 2.27. The molecule has 1 aromatic carbocycles. The van der Waals surface area contributed by atoms with Gasteiger partial charge in [-0.1, -0.05) is 23.7 Å². The van der Waals surface area contributed by atoms with E-state index in [2.05, 4.69) is 0 Å². The minimum Gasteiger partial charge on any atom is -0.480 e. The Bertz CT molecular complexity index is 500. The minimum absolute atomic E-state index is 0.0436. The Morgan fingerprint density at radius 1 is 1.24 bits per heavy atom. The number of thioether (sulfide) groups is 1. The summed E-state index contributed by atoms with van der Waals surface area (Å²) in [5, 5.41) is 9.66. The Morgan fingerprint density at radius 3 is 2.43 bits per heavy atom. The maximum atomic E-state index is 12.5. The number of halogens is 1. The van der Waals surface area contributed by atoms with Crippen LogP contribution < -0.4 is 0 Å². The number of amides is 1. The average molecular weight is 328 g/mol. The number of nitrogens with zero attached hydrogens (tertiary/aromatic N) is 1. The molecule has 1 aromatic rings. The molecule has 0 saturated carbocycles. The molecule has 0 unspecified atom stereocenters. The molecule has 1 aliphatic rings. The average Bonchev–Trinajstić information content (AvgIpc) is 2.48. The summed E-state index contributed by atoms with van der Waals surface area (Å²) in [6.45, 7) is 0.0526. The third-order valence-corrected chi connectivity index (χ3v) is 4.80. The second-order valence-electron chi connectivity index (χ2n) is 5.10. The molecule has 0 atom stereocenters. The number of carbonyl (C=O) groups is 2. The first-order valence-electron chi connectivity index (χ1n) is 6.89. The van der Waals surface area contributed by atoms with Crippen LogP contribution in [0, 0.1) is 5.92 Å². The molecular weight excluding hydrogens is 310 g/mol. The summed E-state index contributed by atoms with van der Waals surface area (Å²) < 4.78 is 0. The van der Waals surface area contributed by atoms with Gasteiger partial charge >= 0.3 is 5.97 Å². The van der Waals surface area contributed by atoms with Gasteiger partial charge in [0.1, 0.15) is 6.54 Å². The largest absolute Gasteiger partial charge is 0.480 e. The van der Waals surface area contributed by atoms with Gasteiger partial charge in [0.05, 0.1) is 0 Å². The molecule has 21 heavy (non-hydrogen) atoms. The molecule has 2 rings (SSSR count). The van der Waals surface area contributed by atoms with Crippen LogP contribution in [0.15, 0.2) is 24.3 Å². The van der Waals surface area contributed by atoms with E-state index < -0.39 is 5.97 Å². The summed E-state index contributed by atoms with van der Waals surface area (Å²) in [5.74, 6) is 0.865. The van der Waals surface area contributed by atoms with Gasteiger partial charge in [-0.2, -0.15) is 11.8 Å². The zero-order chi connectivity index (χ0) is 15.2. The Morgan fingerprint density at radius 2 is 1.86 bits per heavy atom. The van der Waals surface area contributed by atoms with E-state index in [4.69, 9.17) is 16.7 Å². The molecule has 0 radical (unpaired) electrons. The highest BCUT2D eigenvalue weighted by Crippen LogP contribution is 2.25. The van der Waals surface area contributed by atoms with Crippen LogP contribution in [-0.2, 0) is 16.1 Å². The smallest absolute Gasteiger partial charge is 0.323 e. The van der Waals surface area contributed by atoms with Crippen LogP contribution in [0.25, 0.3) is 0 Å². The molecule has 0 spiro atoms. The first-order chi connectivity index (χ1) is 10.1. The predicted molar refractivity (Wildman–Crippen MR) is 84.6 cm³/mol. The van der Waals surface area contributed by atoms with Crippen LogP contribution in [0.4, 0.5) is 0 Å². The van der Waals surface area contributed by atoms with E-state index in [0.29, 0.717) is 11.6 Å². The number of hydrogen-bond acceptors (Lipinski definition) is 3. The highest BCUT2D eigenvalue weighted by molar-refractivity contribution is 7.99. The van der Waals surface area contributed by atoms with Crippen molar-refractivity contribution in [2.45, 2.75) is 19.4 Å². The number of aliphatic carboxylic acids is 1. The summed E-state index contributed by atoms with van der Waals surface area (Å²) in [7, 11) is 0. The van der Waals surface area contributed by atoms with Crippen LogP contribution in [0.3, 0.4) is 0 Å². The quantitative estimate of drug-likeness (QED) is 0.903. The van der Waals surface area contributed by atoms with Crippen molar-refractivity contribution in [2.24, 2.45) is 5.92 Å². The molecule has 1 aliphatic heterocycles. The van der Waals surface area contributed by atoms with Gasteiger partial charge in [-0.25, -0.2) is 0 Å². The Balaban J connectivity index is 2.07. The van der Waals surface area contributed by atoms with Gasteiger partial charge in [0, 0.05) is 17.5 Å². The lowest BCUT2D eigenvalue weighted by molar-refractivity contribution is -0.147. The van der Waals surface area contributed by atoms with Crippen LogP contribution in [-0.4, -0.2) is 39.9 Å². The molecule has 0 bridgehead atoms.